The van der Waals surface area contributed by atoms with Crippen molar-refractivity contribution in [2.45, 2.75) is 24.2 Å². The lowest BCUT2D eigenvalue weighted by Crippen LogP contribution is -2.35. The molecule has 28 heavy (non-hydrogen) atoms. The Hall–Kier alpha value is -2.64. The van der Waals surface area contributed by atoms with E-state index in [2.05, 4.69) is 5.32 Å². The molecule has 1 N–H and O–H groups in total. The van der Waals surface area contributed by atoms with Gasteiger partial charge in [0.05, 0.1) is 12.0 Å². The summed E-state index contributed by atoms with van der Waals surface area (Å²) in [5, 5.41) is 2.73. The number of hydrogen-bond donors (Lipinski definition) is 1. The van der Waals surface area contributed by atoms with Crippen molar-refractivity contribution in [1.82, 2.24) is 4.31 Å². The third-order valence-electron chi connectivity index (χ3n) is 4.63. The van der Waals surface area contributed by atoms with E-state index < -0.39 is 10.0 Å². The molecule has 148 valence electrons. The van der Waals surface area contributed by atoms with E-state index in [1.165, 1.54) is 22.5 Å². The molecule has 7 heteroatoms. The summed E-state index contributed by atoms with van der Waals surface area (Å²) in [6, 6.07) is 13.7. The van der Waals surface area contributed by atoms with Gasteiger partial charge in [-0.2, -0.15) is 4.31 Å². The van der Waals surface area contributed by atoms with E-state index in [4.69, 9.17) is 4.74 Å². The van der Waals surface area contributed by atoms with Crippen LogP contribution in [0.3, 0.4) is 0 Å². The number of benzene rings is 2. The number of hydrogen-bond acceptors (Lipinski definition) is 4. The second-order valence-corrected chi connectivity index (χ2v) is 8.49. The fraction of sp³-hybridized carbons (Fsp3) is 0.286. The van der Waals surface area contributed by atoms with Crippen LogP contribution in [0.15, 0.2) is 59.5 Å². The van der Waals surface area contributed by atoms with Gasteiger partial charge in [-0.3, -0.25) is 4.79 Å². The van der Waals surface area contributed by atoms with Gasteiger partial charge in [0.25, 0.3) is 0 Å². The van der Waals surface area contributed by atoms with E-state index >= 15 is 0 Å². The third kappa shape index (κ3) is 4.79. The molecule has 0 bridgehead atoms. The number of rotatable bonds is 6. The molecule has 2 aromatic carbocycles. The minimum atomic E-state index is -3.47. The van der Waals surface area contributed by atoms with E-state index in [9.17, 15) is 13.2 Å². The molecule has 0 aliphatic carbocycles. The van der Waals surface area contributed by atoms with Crippen LogP contribution in [0.25, 0.3) is 6.08 Å². The summed E-state index contributed by atoms with van der Waals surface area (Å²) < 4.78 is 32.1. The van der Waals surface area contributed by atoms with E-state index in [0.717, 1.165) is 24.8 Å². The van der Waals surface area contributed by atoms with Gasteiger partial charge in [0.15, 0.2) is 0 Å². The molecule has 1 aliphatic rings. The zero-order chi connectivity index (χ0) is 20.0. The molecule has 1 aliphatic heterocycles. The molecule has 0 saturated carbocycles. The topological polar surface area (TPSA) is 75.7 Å². The van der Waals surface area contributed by atoms with Gasteiger partial charge in [-0.05, 0) is 49.2 Å². The van der Waals surface area contributed by atoms with Crippen LogP contribution in [0.5, 0.6) is 5.75 Å². The highest BCUT2D eigenvalue weighted by atomic mass is 32.2. The Morgan fingerprint density at radius 1 is 1.04 bits per heavy atom. The SMILES string of the molecule is COc1ccccc1/C=C/C(=O)Nc1ccc(S(=O)(=O)N2CCCCC2)cc1. The van der Waals surface area contributed by atoms with Crippen molar-refractivity contribution in [1.29, 1.82) is 0 Å². The molecule has 3 rings (SSSR count). The Bertz CT molecular complexity index is 947. The Balaban J connectivity index is 1.65. The van der Waals surface area contributed by atoms with E-state index in [1.807, 2.05) is 24.3 Å². The molecule has 0 aromatic heterocycles. The maximum atomic E-state index is 12.7. The van der Waals surface area contributed by atoms with Gasteiger partial charge < -0.3 is 10.1 Å². The number of methoxy groups -OCH3 is 1. The second-order valence-electron chi connectivity index (χ2n) is 6.55. The fourth-order valence-corrected chi connectivity index (χ4v) is 4.64. The Morgan fingerprint density at radius 3 is 2.39 bits per heavy atom. The first-order valence-corrected chi connectivity index (χ1v) is 10.7. The van der Waals surface area contributed by atoms with E-state index in [-0.39, 0.29) is 10.8 Å². The van der Waals surface area contributed by atoms with Crippen LogP contribution in [0, 0.1) is 0 Å². The second kappa shape index (κ2) is 9.03. The quantitative estimate of drug-likeness (QED) is 0.753. The molecule has 1 fully saturated rings. The summed E-state index contributed by atoms with van der Waals surface area (Å²) >= 11 is 0. The zero-order valence-electron chi connectivity index (χ0n) is 15.8. The summed E-state index contributed by atoms with van der Waals surface area (Å²) in [5.41, 5.74) is 1.33. The molecular formula is C21H24N2O4S. The number of carbonyl (C=O) groups is 1. The van der Waals surface area contributed by atoms with Crippen LogP contribution in [-0.2, 0) is 14.8 Å². The highest BCUT2D eigenvalue weighted by Crippen LogP contribution is 2.22. The van der Waals surface area contributed by atoms with Crippen molar-refractivity contribution in [2.75, 3.05) is 25.5 Å². The minimum Gasteiger partial charge on any atom is -0.496 e. The van der Waals surface area contributed by atoms with Crippen LogP contribution in [0.4, 0.5) is 5.69 Å². The summed E-state index contributed by atoms with van der Waals surface area (Å²) in [5.74, 6) is 0.372. The lowest BCUT2D eigenvalue weighted by Gasteiger charge is -2.25. The Labute approximate surface area is 165 Å². The summed E-state index contributed by atoms with van der Waals surface area (Å²) in [6.45, 7) is 1.13. The Kier molecular flexibility index (Phi) is 6.49. The molecule has 2 aromatic rings. The molecule has 1 saturated heterocycles. The van der Waals surface area contributed by atoms with Crippen LogP contribution >= 0.6 is 0 Å². The van der Waals surface area contributed by atoms with Gasteiger partial charge in [-0.15, -0.1) is 0 Å². The molecule has 1 amide bonds. The molecular weight excluding hydrogens is 376 g/mol. The van der Waals surface area contributed by atoms with Gasteiger partial charge in [-0.25, -0.2) is 8.42 Å². The molecule has 0 spiro atoms. The van der Waals surface area contributed by atoms with Crippen LogP contribution < -0.4 is 10.1 Å². The highest BCUT2D eigenvalue weighted by molar-refractivity contribution is 7.89. The standard InChI is InChI=1S/C21H24N2O4S/c1-27-20-8-4-3-7-17(20)9-14-21(24)22-18-10-12-19(13-11-18)28(25,26)23-15-5-2-6-16-23/h3-4,7-14H,2,5-6,15-16H2,1H3,(H,22,24)/b14-9+. The number of nitrogens with zero attached hydrogens (tertiary/aromatic N) is 1. The van der Waals surface area contributed by atoms with Crippen LogP contribution in [-0.4, -0.2) is 38.8 Å². The lowest BCUT2D eigenvalue weighted by molar-refractivity contribution is -0.111. The normalized spacial score (nSPS) is 15.5. The summed E-state index contributed by atoms with van der Waals surface area (Å²) in [4.78, 5) is 12.4. The van der Waals surface area contributed by atoms with Crippen LogP contribution in [0.1, 0.15) is 24.8 Å². The number of para-hydroxylation sites is 1. The first-order chi connectivity index (χ1) is 13.5. The van der Waals surface area contributed by atoms with Crippen molar-refractivity contribution >= 4 is 27.7 Å². The van der Waals surface area contributed by atoms with E-state index in [1.54, 1.807) is 25.3 Å². The average molecular weight is 401 g/mol. The first-order valence-electron chi connectivity index (χ1n) is 9.23. The van der Waals surface area contributed by atoms with Gasteiger partial charge >= 0.3 is 0 Å². The molecule has 1 heterocycles. The summed E-state index contributed by atoms with van der Waals surface area (Å²) in [6.07, 6.45) is 5.94. The van der Waals surface area contributed by atoms with Crippen molar-refractivity contribution < 1.29 is 17.9 Å². The fourth-order valence-electron chi connectivity index (χ4n) is 3.12. The lowest BCUT2D eigenvalue weighted by atomic mass is 10.2. The first kappa shape index (κ1) is 20.1. The maximum absolute atomic E-state index is 12.7. The zero-order valence-corrected chi connectivity index (χ0v) is 16.6. The minimum absolute atomic E-state index is 0.247. The largest absolute Gasteiger partial charge is 0.496 e. The predicted octanol–water partition coefficient (Wildman–Crippen LogP) is 3.52. The van der Waals surface area contributed by atoms with E-state index in [0.29, 0.717) is 24.5 Å². The highest BCUT2D eigenvalue weighted by Gasteiger charge is 2.25. The average Bonchev–Trinajstić information content (AvgIpc) is 2.73. The number of piperidine rings is 1. The number of nitrogens with one attached hydrogen (secondary N) is 1. The van der Waals surface area contributed by atoms with Gasteiger partial charge in [0.1, 0.15) is 5.75 Å². The monoisotopic (exact) mass is 400 g/mol. The van der Waals surface area contributed by atoms with Crippen LogP contribution in [0.2, 0.25) is 0 Å². The number of ether oxygens (including phenoxy) is 1. The predicted molar refractivity (Wildman–Crippen MR) is 110 cm³/mol. The maximum Gasteiger partial charge on any atom is 0.248 e. The van der Waals surface area contributed by atoms with Gasteiger partial charge in [0.2, 0.25) is 15.9 Å². The number of amides is 1. The number of anilines is 1. The van der Waals surface area contributed by atoms with Crippen molar-refractivity contribution in [3.63, 3.8) is 0 Å². The molecule has 0 unspecified atom stereocenters. The smallest absolute Gasteiger partial charge is 0.248 e. The van der Waals surface area contributed by atoms with Crippen molar-refractivity contribution in [3.8, 4) is 5.75 Å². The summed E-state index contributed by atoms with van der Waals surface area (Å²) in [7, 11) is -1.89. The van der Waals surface area contributed by atoms with Crippen molar-refractivity contribution in [3.05, 3.63) is 60.2 Å². The van der Waals surface area contributed by atoms with Gasteiger partial charge in [-0.1, -0.05) is 24.6 Å². The van der Waals surface area contributed by atoms with Gasteiger partial charge in [0, 0.05) is 30.4 Å². The molecule has 0 atom stereocenters. The number of carbonyl (C=O) groups excluding carboxylic acids is 1. The molecule has 6 nitrogen and oxygen atoms in total. The molecule has 0 radical (unpaired) electrons. The third-order valence-corrected chi connectivity index (χ3v) is 6.54. The van der Waals surface area contributed by atoms with Crippen molar-refractivity contribution in [2.24, 2.45) is 0 Å². The number of sulfonamides is 1. The Morgan fingerprint density at radius 2 is 1.71 bits per heavy atom.